The van der Waals surface area contributed by atoms with E-state index in [1.807, 2.05) is 7.05 Å². The molecule has 0 bridgehead atoms. The zero-order valence-corrected chi connectivity index (χ0v) is 13.0. The van der Waals surface area contributed by atoms with Gasteiger partial charge in [-0.15, -0.1) is 11.3 Å². The van der Waals surface area contributed by atoms with Gasteiger partial charge in [-0.25, -0.2) is 9.97 Å². The maximum absolute atomic E-state index is 4.70. The van der Waals surface area contributed by atoms with Crippen LogP contribution in [0.2, 0.25) is 0 Å². The zero-order valence-electron chi connectivity index (χ0n) is 12.2. The molecule has 5 heteroatoms. The standard InChI is InChI=1S/C15H22N4S/c1-3-4-11-5-7-19(9-11)10-13-17-14(16-2)12-6-8-20-15(12)18-13/h6,8,11H,3-5,7,9-10H2,1-2H3,(H,16,17,18). The van der Waals surface area contributed by atoms with E-state index in [1.54, 1.807) is 11.3 Å². The summed E-state index contributed by atoms with van der Waals surface area (Å²) in [4.78, 5) is 13.0. The molecule has 1 aliphatic heterocycles. The Morgan fingerprint density at radius 2 is 2.35 bits per heavy atom. The van der Waals surface area contributed by atoms with Gasteiger partial charge in [0, 0.05) is 13.6 Å². The van der Waals surface area contributed by atoms with Crippen LogP contribution in [-0.4, -0.2) is 35.0 Å². The lowest BCUT2D eigenvalue weighted by Gasteiger charge is -2.15. The molecule has 3 heterocycles. The van der Waals surface area contributed by atoms with Crippen LogP contribution in [0.25, 0.3) is 10.2 Å². The van der Waals surface area contributed by atoms with Crippen molar-refractivity contribution in [3.05, 3.63) is 17.3 Å². The molecule has 1 saturated heterocycles. The van der Waals surface area contributed by atoms with Crippen molar-refractivity contribution in [2.75, 3.05) is 25.5 Å². The summed E-state index contributed by atoms with van der Waals surface area (Å²) in [6, 6.07) is 2.09. The van der Waals surface area contributed by atoms with Crippen LogP contribution in [0.1, 0.15) is 32.0 Å². The van der Waals surface area contributed by atoms with Crippen LogP contribution in [0.5, 0.6) is 0 Å². The maximum atomic E-state index is 4.70. The van der Waals surface area contributed by atoms with Crippen LogP contribution in [0.3, 0.4) is 0 Å². The molecule has 2 aromatic rings. The van der Waals surface area contributed by atoms with E-state index in [-0.39, 0.29) is 0 Å². The molecule has 2 aromatic heterocycles. The molecular weight excluding hydrogens is 268 g/mol. The van der Waals surface area contributed by atoms with Crippen LogP contribution in [0.15, 0.2) is 11.4 Å². The van der Waals surface area contributed by atoms with Crippen molar-refractivity contribution in [2.24, 2.45) is 5.92 Å². The van der Waals surface area contributed by atoms with Crippen molar-refractivity contribution >= 4 is 27.4 Å². The number of rotatable bonds is 5. The minimum absolute atomic E-state index is 0.870. The monoisotopic (exact) mass is 290 g/mol. The van der Waals surface area contributed by atoms with Gasteiger partial charge in [0.05, 0.1) is 11.9 Å². The van der Waals surface area contributed by atoms with Crippen molar-refractivity contribution < 1.29 is 0 Å². The Labute approximate surface area is 124 Å². The summed E-state index contributed by atoms with van der Waals surface area (Å²) in [6.07, 6.45) is 3.97. The maximum Gasteiger partial charge on any atom is 0.146 e. The van der Waals surface area contributed by atoms with Gasteiger partial charge in [-0.3, -0.25) is 4.90 Å². The Kier molecular flexibility index (Phi) is 4.17. The number of fused-ring (bicyclic) bond motifs is 1. The molecule has 0 radical (unpaired) electrons. The summed E-state index contributed by atoms with van der Waals surface area (Å²) in [6.45, 7) is 5.54. The normalized spacial score (nSPS) is 19.8. The summed E-state index contributed by atoms with van der Waals surface area (Å²) in [7, 11) is 1.93. The van der Waals surface area contributed by atoms with Crippen LogP contribution in [-0.2, 0) is 6.54 Å². The summed E-state index contributed by atoms with van der Waals surface area (Å²) in [5.74, 6) is 2.77. The Morgan fingerprint density at radius 3 is 3.15 bits per heavy atom. The summed E-state index contributed by atoms with van der Waals surface area (Å²) in [5, 5.41) is 6.40. The van der Waals surface area contributed by atoms with Gasteiger partial charge < -0.3 is 5.32 Å². The summed E-state index contributed by atoms with van der Waals surface area (Å²) >= 11 is 1.69. The van der Waals surface area contributed by atoms with Gasteiger partial charge in [0.1, 0.15) is 16.5 Å². The topological polar surface area (TPSA) is 41.1 Å². The number of nitrogens with zero attached hydrogens (tertiary/aromatic N) is 3. The Morgan fingerprint density at radius 1 is 1.45 bits per heavy atom. The minimum atomic E-state index is 0.870. The fraction of sp³-hybridized carbons (Fsp3) is 0.600. The van der Waals surface area contributed by atoms with E-state index < -0.39 is 0 Å². The second kappa shape index (κ2) is 6.06. The Hall–Kier alpha value is -1.20. The number of likely N-dealkylation sites (tertiary alicyclic amines) is 1. The van der Waals surface area contributed by atoms with E-state index in [1.165, 1.54) is 32.4 Å². The molecule has 4 nitrogen and oxygen atoms in total. The highest BCUT2D eigenvalue weighted by Crippen LogP contribution is 2.26. The van der Waals surface area contributed by atoms with Gasteiger partial charge in [0.2, 0.25) is 0 Å². The van der Waals surface area contributed by atoms with Gasteiger partial charge in [-0.05, 0) is 36.8 Å². The third kappa shape index (κ3) is 2.79. The fourth-order valence-corrected chi connectivity index (χ4v) is 3.84. The van der Waals surface area contributed by atoms with Gasteiger partial charge in [0.25, 0.3) is 0 Å². The molecule has 0 saturated carbocycles. The van der Waals surface area contributed by atoms with Gasteiger partial charge >= 0.3 is 0 Å². The quantitative estimate of drug-likeness (QED) is 0.917. The Balaban J connectivity index is 1.74. The summed E-state index contributed by atoms with van der Waals surface area (Å²) < 4.78 is 0. The average Bonchev–Trinajstić information content (AvgIpc) is 3.07. The largest absolute Gasteiger partial charge is 0.372 e. The van der Waals surface area contributed by atoms with Crippen molar-refractivity contribution in [1.82, 2.24) is 14.9 Å². The first-order valence-corrected chi connectivity index (χ1v) is 8.32. The number of anilines is 1. The molecule has 20 heavy (non-hydrogen) atoms. The van der Waals surface area contributed by atoms with E-state index in [0.29, 0.717) is 0 Å². The Bertz CT molecular complexity index is 580. The number of thiophene rings is 1. The van der Waals surface area contributed by atoms with E-state index in [0.717, 1.165) is 34.3 Å². The molecule has 1 aliphatic rings. The highest BCUT2D eigenvalue weighted by molar-refractivity contribution is 7.16. The smallest absolute Gasteiger partial charge is 0.146 e. The van der Waals surface area contributed by atoms with Gasteiger partial charge in [0.15, 0.2) is 0 Å². The highest BCUT2D eigenvalue weighted by Gasteiger charge is 2.22. The van der Waals surface area contributed by atoms with Crippen molar-refractivity contribution in [3.63, 3.8) is 0 Å². The second-order valence-electron chi connectivity index (χ2n) is 5.56. The van der Waals surface area contributed by atoms with Crippen LogP contribution in [0.4, 0.5) is 5.82 Å². The van der Waals surface area contributed by atoms with Crippen LogP contribution in [0, 0.1) is 5.92 Å². The molecule has 3 rings (SSSR count). The lowest BCUT2D eigenvalue weighted by atomic mass is 10.0. The molecule has 0 amide bonds. The first kappa shape index (κ1) is 13.8. The molecule has 1 atom stereocenters. The first-order valence-electron chi connectivity index (χ1n) is 7.44. The number of aromatic nitrogens is 2. The van der Waals surface area contributed by atoms with Crippen molar-refractivity contribution in [2.45, 2.75) is 32.7 Å². The molecule has 108 valence electrons. The third-order valence-electron chi connectivity index (χ3n) is 4.04. The number of nitrogens with one attached hydrogen (secondary N) is 1. The molecule has 1 fully saturated rings. The predicted molar refractivity (Wildman–Crippen MR) is 85.3 cm³/mol. The molecular formula is C15H22N4S. The van der Waals surface area contributed by atoms with Crippen LogP contribution < -0.4 is 5.32 Å². The summed E-state index contributed by atoms with van der Waals surface area (Å²) in [5.41, 5.74) is 0. The SMILES string of the molecule is CCCC1CCN(Cc2nc(NC)c3ccsc3n2)C1. The third-order valence-corrected chi connectivity index (χ3v) is 4.85. The molecule has 0 aliphatic carbocycles. The van der Waals surface area contributed by atoms with E-state index in [9.17, 15) is 0 Å². The molecule has 1 unspecified atom stereocenters. The van der Waals surface area contributed by atoms with E-state index >= 15 is 0 Å². The lowest BCUT2D eigenvalue weighted by Crippen LogP contribution is -2.21. The van der Waals surface area contributed by atoms with Crippen molar-refractivity contribution in [3.8, 4) is 0 Å². The van der Waals surface area contributed by atoms with Gasteiger partial charge in [-0.1, -0.05) is 13.3 Å². The molecule has 1 N–H and O–H groups in total. The molecule has 0 spiro atoms. The predicted octanol–water partition coefficient (Wildman–Crippen LogP) is 3.36. The minimum Gasteiger partial charge on any atom is -0.372 e. The van der Waals surface area contributed by atoms with E-state index in [4.69, 9.17) is 4.98 Å². The first-order chi connectivity index (χ1) is 9.80. The van der Waals surface area contributed by atoms with Crippen molar-refractivity contribution in [1.29, 1.82) is 0 Å². The zero-order chi connectivity index (χ0) is 13.9. The van der Waals surface area contributed by atoms with E-state index in [2.05, 4.69) is 33.6 Å². The second-order valence-corrected chi connectivity index (χ2v) is 6.45. The highest BCUT2D eigenvalue weighted by atomic mass is 32.1. The average molecular weight is 290 g/mol. The number of hydrogen-bond donors (Lipinski definition) is 1. The van der Waals surface area contributed by atoms with Gasteiger partial charge in [-0.2, -0.15) is 0 Å². The lowest BCUT2D eigenvalue weighted by molar-refractivity contribution is 0.305. The van der Waals surface area contributed by atoms with Crippen LogP contribution >= 0.6 is 11.3 Å². The fourth-order valence-electron chi connectivity index (χ4n) is 3.06. The molecule has 0 aromatic carbocycles. The number of hydrogen-bond acceptors (Lipinski definition) is 5.